The highest BCUT2D eigenvalue weighted by atomic mass is 16.4. The van der Waals surface area contributed by atoms with Crippen molar-refractivity contribution in [1.82, 2.24) is 0 Å². The van der Waals surface area contributed by atoms with Crippen LogP contribution in [0, 0.1) is 23.7 Å². The summed E-state index contributed by atoms with van der Waals surface area (Å²) in [7, 11) is 0. The Hall–Kier alpha value is -2.20. The quantitative estimate of drug-likeness (QED) is 0.323. The smallest absolute Gasteiger partial charge is 0.310 e. The molecule has 0 aromatic rings. The van der Waals surface area contributed by atoms with E-state index in [0.717, 1.165) is 0 Å². The molecule has 1 rings (SSSR count). The zero-order valence-corrected chi connectivity index (χ0v) is 9.78. The number of rotatable bonds is 4. The van der Waals surface area contributed by atoms with Gasteiger partial charge < -0.3 is 30.6 Å². The van der Waals surface area contributed by atoms with Crippen molar-refractivity contribution < 1.29 is 49.8 Å². The van der Waals surface area contributed by atoms with Gasteiger partial charge in [-0.3, -0.25) is 19.2 Å². The van der Waals surface area contributed by atoms with Crippen molar-refractivity contribution in [3.63, 3.8) is 0 Å². The van der Waals surface area contributed by atoms with Crippen LogP contribution >= 0.6 is 0 Å². The summed E-state index contributed by atoms with van der Waals surface area (Å²) in [5.74, 6) is -16.0. The monoisotopic (exact) mass is 292 g/mol. The van der Waals surface area contributed by atoms with E-state index in [1.807, 2.05) is 0 Å². The van der Waals surface area contributed by atoms with Crippen molar-refractivity contribution >= 4 is 23.9 Å². The molecule has 0 aromatic heterocycles. The van der Waals surface area contributed by atoms with Crippen molar-refractivity contribution in [3.05, 3.63) is 0 Å². The third-order valence-corrected chi connectivity index (χ3v) is 3.39. The lowest BCUT2D eigenvalue weighted by atomic mass is 9.63. The van der Waals surface area contributed by atoms with E-state index in [0.29, 0.717) is 0 Å². The molecule has 0 aromatic carbocycles. The highest BCUT2D eigenvalue weighted by molar-refractivity contribution is 5.90. The lowest BCUT2D eigenvalue weighted by Crippen LogP contribution is -2.60. The summed E-state index contributed by atoms with van der Waals surface area (Å²) in [6.45, 7) is 0. The molecule has 112 valence electrons. The molecule has 1 aliphatic carbocycles. The fourth-order valence-corrected chi connectivity index (χ4v) is 2.51. The Morgan fingerprint density at radius 3 is 0.850 bits per heavy atom. The molecule has 6 N–H and O–H groups in total. The lowest BCUT2D eigenvalue weighted by Gasteiger charge is -2.41. The molecule has 10 nitrogen and oxygen atoms in total. The predicted octanol–water partition coefficient (Wildman–Crippen LogP) is -2.47. The summed E-state index contributed by atoms with van der Waals surface area (Å²) in [6, 6.07) is 0. The number of aliphatic carboxylic acids is 4. The molecule has 0 radical (unpaired) electrons. The van der Waals surface area contributed by atoms with Crippen LogP contribution in [-0.2, 0) is 19.2 Å². The van der Waals surface area contributed by atoms with Crippen molar-refractivity contribution in [2.75, 3.05) is 0 Å². The molecule has 0 saturated heterocycles. The van der Waals surface area contributed by atoms with Crippen molar-refractivity contribution in [1.29, 1.82) is 0 Å². The van der Waals surface area contributed by atoms with Crippen LogP contribution in [-0.4, -0.2) is 66.7 Å². The van der Waals surface area contributed by atoms with Gasteiger partial charge in [0.1, 0.15) is 0 Å². The molecular formula is C10H12O10. The predicted molar refractivity (Wildman–Crippen MR) is 56.5 cm³/mol. The largest absolute Gasteiger partial charge is 0.481 e. The highest BCUT2D eigenvalue weighted by Gasteiger charge is 2.60. The van der Waals surface area contributed by atoms with Gasteiger partial charge in [0.05, 0.1) is 35.9 Å². The Balaban J connectivity index is 3.43. The second-order valence-corrected chi connectivity index (χ2v) is 4.44. The Kier molecular flexibility index (Phi) is 4.30. The molecule has 0 bridgehead atoms. The van der Waals surface area contributed by atoms with E-state index in [4.69, 9.17) is 20.4 Å². The Labute approximate surface area is 110 Å². The van der Waals surface area contributed by atoms with E-state index in [9.17, 15) is 29.4 Å². The molecule has 6 atom stereocenters. The van der Waals surface area contributed by atoms with Crippen LogP contribution in [0.3, 0.4) is 0 Å². The van der Waals surface area contributed by atoms with Gasteiger partial charge in [0.2, 0.25) is 0 Å². The van der Waals surface area contributed by atoms with Crippen LogP contribution in [0.1, 0.15) is 0 Å². The van der Waals surface area contributed by atoms with E-state index in [1.54, 1.807) is 0 Å². The average Bonchev–Trinajstić information content (AvgIpc) is 2.29. The molecule has 0 heterocycles. The van der Waals surface area contributed by atoms with Crippen LogP contribution < -0.4 is 0 Å². The summed E-state index contributed by atoms with van der Waals surface area (Å²) < 4.78 is 0. The molecule has 1 fully saturated rings. The molecule has 20 heavy (non-hydrogen) atoms. The number of carboxylic acids is 4. The second kappa shape index (κ2) is 5.43. The summed E-state index contributed by atoms with van der Waals surface area (Å²) in [5, 5.41) is 54.9. The number of hydrogen-bond acceptors (Lipinski definition) is 6. The topological polar surface area (TPSA) is 190 Å². The first-order chi connectivity index (χ1) is 9.11. The first-order valence-corrected chi connectivity index (χ1v) is 5.38. The number of aliphatic hydroxyl groups is 2. The van der Waals surface area contributed by atoms with Crippen LogP contribution in [0.5, 0.6) is 0 Å². The maximum absolute atomic E-state index is 11.1. The van der Waals surface area contributed by atoms with Crippen LogP contribution in [0.15, 0.2) is 0 Å². The van der Waals surface area contributed by atoms with Gasteiger partial charge in [-0.25, -0.2) is 0 Å². The minimum Gasteiger partial charge on any atom is -0.481 e. The first-order valence-electron chi connectivity index (χ1n) is 5.38. The second-order valence-electron chi connectivity index (χ2n) is 4.44. The Bertz CT molecular complexity index is 415. The standard InChI is InChI=1S/C10H12O10/c11-5-3(9(17)18)1(7(13)14)2(8(15)16)4(6(5)12)10(19)20/h1-6,11-12H,(H,13,14)(H,15,16)(H,17,18)(H,19,20)/t1?,2?,3-,4?,5?,6?/m1/s1. The van der Waals surface area contributed by atoms with E-state index in [1.165, 1.54) is 0 Å². The SMILES string of the molecule is O=C(O)C1C(O)C(O)[C@H](C(=O)O)C(C(=O)O)C1C(=O)O. The van der Waals surface area contributed by atoms with Gasteiger partial charge >= 0.3 is 23.9 Å². The van der Waals surface area contributed by atoms with Gasteiger partial charge in [-0.1, -0.05) is 0 Å². The summed E-state index contributed by atoms with van der Waals surface area (Å²) in [5.41, 5.74) is 0. The lowest BCUT2D eigenvalue weighted by molar-refractivity contribution is -0.196. The van der Waals surface area contributed by atoms with Crippen molar-refractivity contribution in [2.45, 2.75) is 12.2 Å². The third kappa shape index (κ3) is 2.42. The van der Waals surface area contributed by atoms with E-state index in [-0.39, 0.29) is 0 Å². The van der Waals surface area contributed by atoms with Crippen LogP contribution in [0.4, 0.5) is 0 Å². The number of hydrogen-bond donors (Lipinski definition) is 6. The summed E-state index contributed by atoms with van der Waals surface area (Å²) >= 11 is 0. The van der Waals surface area contributed by atoms with Gasteiger partial charge in [-0.15, -0.1) is 0 Å². The minimum absolute atomic E-state index is 1.83. The van der Waals surface area contributed by atoms with Crippen molar-refractivity contribution in [3.8, 4) is 0 Å². The van der Waals surface area contributed by atoms with E-state index >= 15 is 0 Å². The molecule has 1 aliphatic rings. The molecule has 5 unspecified atom stereocenters. The van der Waals surface area contributed by atoms with Crippen LogP contribution in [0.25, 0.3) is 0 Å². The number of carbonyl (C=O) groups is 4. The van der Waals surface area contributed by atoms with Gasteiger partial charge in [0.15, 0.2) is 0 Å². The third-order valence-electron chi connectivity index (χ3n) is 3.39. The van der Waals surface area contributed by atoms with Gasteiger partial charge in [0.25, 0.3) is 0 Å². The Morgan fingerprint density at radius 1 is 0.500 bits per heavy atom. The van der Waals surface area contributed by atoms with E-state index < -0.39 is 59.8 Å². The van der Waals surface area contributed by atoms with Gasteiger partial charge in [0, 0.05) is 0 Å². The molecule has 0 spiro atoms. The molecule has 10 heteroatoms. The number of carboxylic acid groups (broad SMARTS) is 4. The molecule has 0 amide bonds. The van der Waals surface area contributed by atoms with Gasteiger partial charge in [-0.2, -0.15) is 0 Å². The maximum Gasteiger partial charge on any atom is 0.310 e. The molecular weight excluding hydrogens is 280 g/mol. The fraction of sp³-hybridized carbons (Fsp3) is 0.600. The fourth-order valence-electron chi connectivity index (χ4n) is 2.51. The highest BCUT2D eigenvalue weighted by Crippen LogP contribution is 2.40. The molecule has 0 aliphatic heterocycles. The normalized spacial score (nSPS) is 37.1. The van der Waals surface area contributed by atoms with Crippen LogP contribution in [0.2, 0.25) is 0 Å². The Morgan fingerprint density at radius 2 is 0.700 bits per heavy atom. The maximum atomic E-state index is 11.1. The first kappa shape index (κ1) is 15.9. The van der Waals surface area contributed by atoms with Crippen molar-refractivity contribution in [2.24, 2.45) is 23.7 Å². The zero-order valence-electron chi connectivity index (χ0n) is 9.78. The average molecular weight is 292 g/mol. The minimum atomic E-state index is -2.20. The zero-order chi connectivity index (χ0) is 15.8. The number of aliphatic hydroxyl groups excluding tert-OH is 2. The molecule has 1 saturated carbocycles. The van der Waals surface area contributed by atoms with Gasteiger partial charge in [-0.05, 0) is 0 Å². The summed E-state index contributed by atoms with van der Waals surface area (Å²) in [6.07, 6.45) is -4.41. The summed E-state index contributed by atoms with van der Waals surface area (Å²) in [4.78, 5) is 44.2. The van der Waals surface area contributed by atoms with E-state index in [2.05, 4.69) is 0 Å².